The van der Waals surface area contributed by atoms with Crippen LogP contribution in [-0.2, 0) is 38.1 Å². The SMILES string of the molecule is CC=C(C)C(=O)O[C@@H]1C[C@H]2C(C)(C)OC(=O)C[C@H](OC(C)=O)[C@]2(C)[C@H]2C[C@H](OC(C)=O)[C@]3(C)C(=CC[C@H]3c3ccoc3)[C@]12C. The highest BCUT2D eigenvalue weighted by Crippen LogP contribution is 2.73. The van der Waals surface area contributed by atoms with Crippen molar-refractivity contribution in [2.75, 3.05) is 0 Å². The third kappa shape index (κ3) is 4.72. The van der Waals surface area contributed by atoms with E-state index in [1.54, 1.807) is 32.4 Å². The lowest BCUT2D eigenvalue weighted by Crippen LogP contribution is -2.69. The second-order valence-corrected chi connectivity index (χ2v) is 14.3. The molecule has 9 heteroatoms. The molecule has 0 N–H and O–H groups in total. The fourth-order valence-electron chi connectivity index (χ4n) is 9.70. The summed E-state index contributed by atoms with van der Waals surface area (Å²) in [5.41, 5.74) is -0.648. The van der Waals surface area contributed by atoms with Gasteiger partial charge in [-0.15, -0.1) is 0 Å². The Morgan fingerprint density at radius 3 is 2.09 bits per heavy atom. The quantitative estimate of drug-likeness (QED) is 0.166. The van der Waals surface area contributed by atoms with Crippen LogP contribution >= 0.6 is 0 Å². The van der Waals surface area contributed by atoms with E-state index >= 15 is 0 Å². The Bertz CT molecular complexity index is 1400. The van der Waals surface area contributed by atoms with E-state index in [1.807, 2.05) is 19.9 Å². The number of cyclic esters (lactones) is 1. The number of hydrogen-bond acceptors (Lipinski definition) is 9. The van der Waals surface area contributed by atoms with E-state index in [0.29, 0.717) is 24.8 Å². The maximum atomic E-state index is 13.5. The van der Waals surface area contributed by atoms with Crippen LogP contribution in [0.15, 0.2) is 46.3 Å². The van der Waals surface area contributed by atoms with Crippen LogP contribution in [-0.4, -0.2) is 47.8 Å². The van der Waals surface area contributed by atoms with Crippen molar-refractivity contribution in [3.63, 3.8) is 0 Å². The number of esters is 4. The van der Waals surface area contributed by atoms with Gasteiger partial charge in [0.25, 0.3) is 0 Å². The molecule has 0 bridgehead atoms. The highest BCUT2D eigenvalue weighted by atomic mass is 16.6. The fourth-order valence-corrected chi connectivity index (χ4v) is 9.70. The smallest absolute Gasteiger partial charge is 0.333 e. The summed E-state index contributed by atoms with van der Waals surface area (Å²) in [5.74, 6) is -2.47. The second-order valence-electron chi connectivity index (χ2n) is 14.3. The maximum absolute atomic E-state index is 13.5. The number of ether oxygens (including phenoxy) is 4. The van der Waals surface area contributed by atoms with E-state index < -0.39 is 64.0 Å². The minimum Gasteiger partial charge on any atom is -0.472 e. The molecule has 0 aromatic carbocycles. The van der Waals surface area contributed by atoms with Crippen LogP contribution < -0.4 is 0 Å². The molecule has 1 aromatic heterocycles. The molecule has 3 fully saturated rings. The predicted molar refractivity (Wildman–Crippen MR) is 160 cm³/mol. The van der Waals surface area contributed by atoms with Crippen LogP contribution in [0.2, 0.25) is 0 Å². The van der Waals surface area contributed by atoms with Gasteiger partial charge in [-0.3, -0.25) is 14.4 Å². The largest absolute Gasteiger partial charge is 0.472 e. The molecule has 1 saturated heterocycles. The lowest BCUT2D eigenvalue weighted by atomic mass is 9.39. The summed E-state index contributed by atoms with van der Waals surface area (Å²) in [6, 6.07) is 1.95. The van der Waals surface area contributed by atoms with Gasteiger partial charge in [0, 0.05) is 47.5 Å². The van der Waals surface area contributed by atoms with Crippen LogP contribution in [0.4, 0.5) is 0 Å². The summed E-state index contributed by atoms with van der Waals surface area (Å²) in [6.45, 7) is 16.4. The lowest BCUT2D eigenvalue weighted by Gasteiger charge is -2.67. The van der Waals surface area contributed by atoms with Crippen molar-refractivity contribution in [1.29, 1.82) is 0 Å². The Morgan fingerprint density at radius 2 is 1.50 bits per heavy atom. The molecule has 2 saturated carbocycles. The van der Waals surface area contributed by atoms with Crippen molar-refractivity contribution in [3.05, 3.63) is 47.5 Å². The Kier molecular flexibility index (Phi) is 7.95. The molecule has 4 aliphatic rings. The molecule has 2 heterocycles. The summed E-state index contributed by atoms with van der Waals surface area (Å²) in [7, 11) is 0. The van der Waals surface area contributed by atoms with Crippen LogP contribution in [0, 0.1) is 28.1 Å². The van der Waals surface area contributed by atoms with Gasteiger partial charge in [0.1, 0.15) is 23.9 Å². The average molecular weight is 611 g/mol. The Morgan fingerprint density at radius 1 is 0.886 bits per heavy atom. The zero-order chi connectivity index (χ0) is 32.4. The lowest BCUT2D eigenvalue weighted by molar-refractivity contribution is -0.237. The molecular formula is C35H46O9. The van der Waals surface area contributed by atoms with Gasteiger partial charge in [-0.25, -0.2) is 4.79 Å². The Hall–Kier alpha value is -3.36. The highest BCUT2D eigenvalue weighted by Gasteiger charge is 2.73. The number of allylic oxidation sites excluding steroid dienone is 2. The number of rotatable bonds is 5. The molecule has 3 aliphatic carbocycles. The van der Waals surface area contributed by atoms with Gasteiger partial charge in [-0.05, 0) is 64.5 Å². The minimum atomic E-state index is -0.969. The van der Waals surface area contributed by atoms with Gasteiger partial charge in [-0.2, -0.15) is 0 Å². The average Bonchev–Trinajstić information content (AvgIpc) is 3.56. The first-order valence-corrected chi connectivity index (χ1v) is 15.6. The van der Waals surface area contributed by atoms with Crippen LogP contribution in [0.5, 0.6) is 0 Å². The number of carbonyl (C=O) groups is 4. The van der Waals surface area contributed by atoms with E-state index in [2.05, 4.69) is 26.8 Å². The van der Waals surface area contributed by atoms with E-state index in [-0.39, 0.29) is 24.2 Å². The molecule has 5 rings (SSSR count). The zero-order valence-electron chi connectivity index (χ0n) is 27.4. The zero-order valence-corrected chi connectivity index (χ0v) is 27.4. The molecule has 9 atom stereocenters. The summed E-state index contributed by atoms with van der Waals surface area (Å²) < 4.78 is 30.2. The number of hydrogen-bond donors (Lipinski definition) is 0. The summed E-state index contributed by atoms with van der Waals surface area (Å²) in [4.78, 5) is 51.9. The summed E-state index contributed by atoms with van der Waals surface area (Å²) in [6.07, 6.45) is 6.76. The molecule has 0 spiro atoms. The van der Waals surface area contributed by atoms with Gasteiger partial charge in [0.2, 0.25) is 0 Å². The first kappa shape index (κ1) is 32.0. The number of fused-ring (bicyclic) bond motifs is 5. The van der Waals surface area contributed by atoms with Crippen LogP contribution in [0.25, 0.3) is 0 Å². The van der Waals surface area contributed by atoms with E-state index in [0.717, 1.165) is 11.1 Å². The van der Waals surface area contributed by atoms with Crippen LogP contribution in [0.1, 0.15) is 99.5 Å². The van der Waals surface area contributed by atoms with Crippen molar-refractivity contribution in [3.8, 4) is 0 Å². The van der Waals surface area contributed by atoms with Crippen molar-refractivity contribution in [1.82, 2.24) is 0 Å². The van der Waals surface area contributed by atoms with Gasteiger partial charge in [0.05, 0.1) is 18.9 Å². The first-order chi connectivity index (χ1) is 20.5. The minimum absolute atomic E-state index is 0.0442. The summed E-state index contributed by atoms with van der Waals surface area (Å²) in [5, 5.41) is 0. The maximum Gasteiger partial charge on any atom is 0.333 e. The van der Waals surface area contributed by atoms with Crippen molar-refractivity contribution < 1.29 is 42.5 Å². The van der Waals surface area contributed by atoms with E-state index in [1.165, 1.54) is 13.8 Å². The van der Waals surface area contributed by atoms with E-state index in [4.69, 9.17) is 23.4 Å². The Balaban J connectivity index is 1.76. The molecule has 0 radical (unpaired) electrons. The molecule has 240 valence electrons. The van der Waals surface area contributed by atoms with Gasteiger partial charge in [-0.1, -0.05) is 38.5 Å². The standard InChI is InChI=1S/C35H46O9/c1-10-19(2)31(39)43-28-15-25-32(5,6)44-30(38)17-29(42-21(4)37)35(25,9)26-16-27(41-20(3)36)33(7)23(22-13-14-40-18-22)11-12-24(33)34(26,28)8/h10,12-14,18,23,25-29H,11,15-17H2,1-9H3/t23-,25-,26-,27-,28+,29-,33-,34-,35-/m0/s1. The third-order valence-corrected chi connectivity index (χ3v) is 11.7. The molecule has 9 nitrogen and oxygen atoms in total. The van der Waals surface area contributed by atoms with Crippen LogP contribution in [0.3, 0.4) is 0 Å². The Labute approximate surface area is 259 Å². The van der Waals surface area contributed by atoms with Crippen molar-refractivity contribution in [2.45, 2.75) is 118 Å². The van der Waals surface area contributed by atoms with Crippen molar-refractivity contribution >= 4 is 23.9 Å². The second kappa shape index (κ2) is 10.9. The van der Waals surface area contributed by atoms with Crippen molar-refractivity contribution in [2.24, 2.45) is 28.1 Å². The number of carbonyl (C=O) groups excluding carboxylic acids is 4. The fraction of sp³-hybridized carbons (Fsp3) is 0.657. The van der Waals surface area contributed by atoms with Gasteiger partial charge < -0.3 is 23.4 Å². The first-order valence-electron chi connectivity index (χ1n) is 15.6. The molecule has 1 aliphatic heterocycles. The topological polar surface area (TPSA) is 118 Å². The molecule has 0 unspecified atom stereocenters. The van der Waals surface area contributed by atoms with E-state index in [9.17, 15) is 19.2 Å². The molecule has 0 amide bonds. The van der Waals surface area contributed by atoms with Gasteiger partial charge in [0.15, 0.2) is 0 Å². The molecule has 44 heavy (non-hydrogen) atoms. The molecule has 1 aromatic rings. The number of furan rings is 1. The predicted octanol–water partition coefficient (Wildman–Crippen LogP) is 6.22. The summed E-state index contributed by atoms with van der Waals surface area (Å²) >= 11 is 0. The monoisotopic (exact) mass is 610 g/mol. The molecular weight excluding hydrogens is 564 g/mol. The third-order valence-electron chi connectivity index (χ3n) is 11.7. The highest BCUT2D eigenvalue weighted by molar-refractivity contribution is 5.87. The van der Waals surface area contributed by atoms with Gasteiger partial charge >= 0.3 is 23.9 Å². The normalized spacial score (nSPS) is 39.4.